The summed E-state index contributed by atoms with van der Waals surface area (Å²) >= 11 is 6.06. The van der Waals surface area contributed by atoms with Crippen molar-refractivity contribution in [2.45, 2.75) is 58.9 Å². The summed E-state index contributed by atoms with van der Waals surface area (Å²) in [5.74, 6) is 0.342. The first-order chi connectivity index (χ1) is 15.2. The number of carbonyl (C=O) groups is 2. The number of piperidine rings is 1. The number of carbonyl (C=O) groups excluding carboxylic acids is 2. The molecular formula is C27H35ClN2O2. The normalized spacial score (nSPS) is 18.9. The van der Waals surface area contributed by atoms with E-state index in [0.717, 1.165) is 17.0 Å². The van der Waals surface area contributed by atoms with E-state index in [2.05, 4.69) is 31.3 Å². The summed E-state index contributed by atoms with van der Waals surface area (Å²) in [5.41, 5.74) is 2.32. The highest BCUT2D eigenvalue weighted by atomic mass is 35.5. The minimum absolute atomic E-state index is 0.0238. The average molecular weight is 455 g/mol. The van der Waals surface area contributed by atoms with Crippen LogP contribution in [0.15, 0.2) is 54.6 Å². The van der Waals surface area contributed by atoms with Crippen LogP contribution in [0, 0.1) is 11.3 Å². The number of hydrogen-bond acceptors (Lipinski definition) is 2. The van der Waals surface area contributed by atoms with Crippen molar-refractivity contribution in [3.05, 3.63) is 70.7 Å². The predicted molar refractivity (Wildman–Crippen MR) is 131 cm³/mol. The van der Waals surface area contributed by atoms with E-state index < -0.39 is 6.04 Å². The lowest BCUT2D eigenvalue weighted by Crippen LogP contribution is -2.55. The molecule has 32 heavy (non-hydrogen) atoms. The number of nitrogens with one attached hydrogen (secondary N) is 1. The van der Waals surface area contributed by atoms with Crippen molar-refractivity contribution in [2.75, 3.05) is 13.1 Å². The van der Waals surface area contributed by atoms with Crippen molar-refractivity contribution >= 4 is 23.4 Å². The number of hydrogen-bond donors (Lipinski definition) is 1. The Labute approximate surface area is 197 Å². The van der Waals surface area contributed by atoms with Gasteiger partial charge in [-0.2, -0.15) is 0 Å². The van der Waals surface area contributed by atoms with Crippen molar-refractivity contribution in [3.63, 3.8) is 0 Å². The number of rotatable bonds is 7. The lowest BCUT2D eigenvalue weighted by molar-refractivity contribution is -0.140. The molecule has 1 fully saturated rings. The van der Waals surface area contributed by atoms with Gasteiger partial charge in [0, 0.05) is 24.5 Å². The Morgan fingerprint density at radius 3 is 2.34 bits per heavy atom. The fourth-order valence-electron chi connectivity index (χ4n) is 4.72. The first kappa shape index (κ1) is 24.3. The Balaban J connectivity index is 1.62. The lowest BCUT2D eigenvalue weighted by Gasteiger charge is -2.45. The smallest absolute Gasteiger partial charge is 0.245 e. The van der Waals surface area contributed by atoms with Gasteiger partial charge in [-0.3, -0.25) is 9.59 Å². The van der Waals surface area contributed by atoms with Crippen LogP contribution in [0.5, 0.6) is 0 Å². The van der Waals surface area contributed by atoms with E-state index in [-0.39, 0.29) is 23.1 Å². The fraction of sp³-hybridized carbons (Fsp3) is 0.481. The van der Waals surface area contributed by atoms with Gasteiger partial charge < -0.3 is 10.2 Å². The van der Waals surface area contributed by atoms with Crippen LogP contribution >= 0.6 is 11.6 Å². The van der Waals surface area contributed by atoms with Crippen molar-refractivity contribution in [1.29, 1.82) is 0 Å². The van der Waals surface area contributed by atoms with Crippen LogP contribution < -0.4 is 5.32 Å². The maximum absolute atomic E-state index is 13.4. The Bertz CT molecular complexity index is 909. The number of benzene rings is 2. The summed E-state index contributed by atoms with van der Waals surface area (Å²) in [5, 5.41) is 3.75. The minimum atomic E-state index is -0.499. The second-order valence-electron chi connectivity index (χ2n) is 9.92. The number of likely N-dealkylation sites (tertiary alicyclic amines) is 1. The monoisotopic (exact) mass is 454 g/mol. The van der Waals surface area contributed by atoms with E-state index >= 15 is 0 Å². The van der Waals surface area contributed by atoms with Gasteiger partial charge in [0.05, 0.1) is 0 Å². The van der Waals surface area contributed by atoms with Crippen LogP contribution in [0.4, 0.5) is 0 Å². The molecule has 0 unspecified atom stereocenters. The average Bonchev–Trinajstić information content (AvgIpc) is 2.76. The Morgan fingerprint density at radius 2 is 1.75 bits per heavy atom. The van der Waals surface area contributed by atoms with Gasteiger partial charge in [-0.25, -0.2) is 0 Å². The molecule has 4 nitrogen and oxygen atoms in total. The van der Waals surface area contributed by atoms with Crippen molar-refractivity contribution in [2.24, 2.45) is 11.3 Å². The summed E-state index contributed by atoms with van der Waals surface area (Å²) in [6.07, 6.45) is 1.95. The van der Waals surface area contributed by atoms with Gasteiger partial charge in [-0.1, -0.05) is 81.8 Å². The van der Waals surface area contributed by atoms with Crippen LogP contribution in [0.25, 0.3) is 0 Å². The molecule has 2 atom stereocenters. The zero-order valence-electron chi connectivity index (χ0n) is 19.6. The van der Waals surface area contributed by atoms with E-state index in [1.54, 1.807) is 0 Å². The zero-order valence-corrected chi connectivity index (χ0v) is 20.4. The molecule has 2 aromatic rings. The molecule has 1 N–H and O–H groups in total. The van der Waals surface area contributed by atoms with Gasteiger partial charge in [-0.15, -0.1) is 0 Å². The van der Waals surface area contributed by atoms with E-state index in [0.29, 0.717) is 31.8 Å². The summed E-state index contributed by atoms with van der Waals surface area (Å²) in [7, 11) is 0. The van der Waals surface area contributed by atoms with Crippen LogP contribution in [-0.2, 0) is 16.0 Å². The van der Waals surface area contributed by atoms with Gasteiger partial charge >= 0.3 is 0 Å². The largest absolute Gasteiger partial charge is 0.344 e. The topological polar surface area (TPSA) is 49.4 Å². The molecule has 0 aliphatic carbocycles. The van der Waals surface area contributed by atoms with Gasteiger partial charge in [0.25, 0.3) is 0 Å². The Hall–Kier alpha value is -2.33. The van der Waals surface area contributed by atoms with Crippen molar-refractivity contribution in [1.82, 2.24) is 10.2 Å². The van der Waals surface area contributed by atoms with Crippen LogP contribution in [0.2, 0.25) is 5.02 Å². The van der Waals surface area contributed by atoms with Crippen LogP contribution in [-0.4, -0.2) is 35.8 Å². The second kappa shape index (κ2) is 10.5. The van der Waals surface area contributed by atoms with Gasteiger partial charge in [0.15, 0.2) is 0 Å². The Kier molecular flexibility index (Phi) is 8.00. The first-order valence-electron chi connectivity index (χ1n) is 11.5. The number of aryl methyl sites for hydroxylation is 1. The molecule has 0 bridgehead atoms. The maximum atomic E-state index is 13.4. The third kappa shape index (κ3) is 6.13. The summed E-state index contributed by atoms with van der Waals surface area (Å²) in [4.78, 5) is 28.0. The summed E-state index contributed by atoms with van der Waals surface area (Å²) in [6.45, 7) is 9.78. The highest BCUT2D eigenvalue weighted by Crippen LogP contribution is 2.42. The first-order valence-corrected chi connectivity index (χ1v) is 11.9. The SMILES string of the molecule is CC(C)[C@@H](NC(=O)CCc1ccccc1)C(=O)N1CC[C@H](c2ccc(Cl)cc2)C(C)(C)C1. The number of nitrogens with zero attached hydrogens (tertiary/aromatic N) is 1. The van der Waals surface area contributed by atoms with Crippen molar-refractivity contribution < 1.29 is 9.59 Å². The highest BCUT2D eigenvalue weighted by Gasteiger charge is 2.40. The Morgan fingerprint density at radius 1 is 1.09 bits per heavy atom. The van der Waals surface area contributed by atoms with Gasteiger partial charge in [0.1, 0.15) is 6.04 Å². The molecule has 1 aliphatic rings. The molecule has 0 aromatic heterocycles. The molecule has 0 spiro atoms. The zero-order chi connectivity index (χ0) is 23.3. The number of amides is 2. The van der Waals surface area contributed by atoms with Gasteiger partial charge in [0.2, 0.25) is 11.8 Å². The molecule has 1 heterocycles. The fourth-order valence-corrected chi connectivity index (χ4v) is 4.84. The molecule has 2 amide bonds. The maximum Gasteiger partial charge on any atom is 0.245 e. The predicted octanol–water partition coefficient (Wildman–Crippen LogP) is 5.46. The van der Waals surface area contributed by atoms with E-state index in [1.165, 1.54) is 5.56 Å². The summed E-state index contributed by atoms with van der Waals surface area (Å²) < 4.78 is 0. The third-order valence-electron chi connectivity index (χ3n) is 6.55. The van der Waals surface area contributed by atoms with Crippen molar-refractivity contribution in [3.8, 4) is 0 Å². The second-order valence-corrected chi connectivity index (χ2v) is 10.4. The number of halogens is 1. The standard InChI is InChI=1S/C27H35ClN2O2/c1-19(2)25(29-24(31)15-10-20-8-6-5-7-9-20)26(32)30-17-16-23(27(3,4)18-30)21-11-13-22(28)14-12-21/h5-9,11-14,19,23,25H,10,15-18H2,1-4H3,(H,29,31)/t23-,25-/m1/s1. The minimum Gasteiger partial charge on any atom is -0.344 e. The van der Waals surface area contributed by atoms with Crippen LogP contribution in [0.1, 0.15) is 57.6 Å². The molecule has 2 aromatic carbocycles. The van der Waals surface area contributed by atoms with Crippen LogP contribution in [0.3, 0.4) is 0 Å². The molecule has 172 valence electrons. The molecule has 5 heteroatoms. The molecule has 1 aliphatic heterocycles. The van der Waals surface area contributed by atoms with E-state index in [9.17, 15) is 9.59 Å². The molecule has 0 saturated carbocycles. The van der Waals surface area contributed by atoms with Gasteiger partial charge in [-0.05, 0) is 53.4 Å². The molecule has 1 saturated heterocycles. The highest BCUT2D eigenvalue weighted by molar-refractivity contribution is 6.30. The molecule has 3 rings (SSSR count). The lowest BCUT2D eigenvalue weighted by atomic mass is 9.70. The quantitative estimate of drug-likeness (QED) is 0.604. The third-order valence-corrected chi connectivity index (χ3v) is 6.80. The molecular weight excluding hydrogens is 420 g/mol. The molecule has 0 radical (unpaired) electrons. The van der Waals surface area contributed by atoms with E-state index in [1.807, 2.05) is 61.2 Å². The summed E-state index contributed by atoms with van der Waals surface area (Å²) in [6, 6.07) is 17.5. The van der Waals surface area contributed by atoms with E-state index in [4.69, 9.17) is 11.6 Å².